The van der Waals surface area contributed by atoms with Crippen molar-refractivity contribution in [2.24, 2.45) is 0 Å². The van der Waals surface area contributed by atoms with Crippen molar-refractivity contribution in [1.29, 1.82) is 0 Å². The second-order valence-electron chi connectivity index (χ2n) is 2.53. The number of hydrogen-bond donors (Lipinski definition) is 0. The first-order valence-electron chi connectivity index (χ1n) is 5.33. The Bertz CT molecular complexity index is 200. The Morgan fingerprint density at radius 3 is 1.80 bits per heavy atom. The van der Waals surface area contributed by atoms with E-state index in [0.717, 1.165) is 0 Å². The molecule has 0 bridgehead atoms. The summed E-state index contributed by atoms with van der Waals surface area (Å²) in [6.07, 6.45) is 0. The van der Waals surface area contributed by atoms with Crippen molar-refractivity contribution in [2.45, 2.75) is 27.7 Å². The van der Waals surface area contributed by atoms with Gasteiger partial charge in [0.15, 0.2) is 7.82 Å². The van der Waals surface area contributed by atoms with Crippen LogP contribution in [0.25, 0.3) is 4.85 Å². The number of hydrogen-bond acceptors (Lipinski definition) is 3. The van der Waals surface area contributed by atoms with Crippen LogP contribution in [0.2, 0.25) is 0 Å². The van der Waals surface area contributed by atoms with Gasteiger partial charge in [0.2, 0.25) is 7.00 Å². The Labute approximate surface area is 93.9 Å². The minimum atomic E-state index is -2.36. The van der Waals surface area contributed by atoms with Gasteiger partial charge in [-0.15, -0.1) is 4.85 Å². The molecule has 6 heteroatoms. The average Bonchev–Trinajstić information content (AvgIpc) is 2.19. The van der Waals surface area contributed by atoms with Gasteiger partial charge in [0.1, 0.15) is 0 Å². The average molecular weight is 232 g/mol. The standard InChI is InChI=1S/C9H20BNO3P/c1-5-11-9-10-15(12-6-2,13-7-3)14-8-4/h5-8H2,1-4H3/q+1. The zero-order chi connectivity index (χ0) is 11.6. The molecule has 0 unspecified atom stereocenters. The SMILES string of the molecule is CC[N+]#C[B-][P+](OCC)(OCC)OCC. The molecule has 2 radical (unpaired) electrons. The van der Waals surface area contributed by atoms with E-state index in [1.54, 1.807) is 7.00 Å². The molecule has 0 amide bonds. The predicted octanol–water partition coefficient (Wildman–Crippen LogP) is 2.79. The van der Waals surface area contributed by atoms with Gasteiger partial charge in [-0.1, -0.05) is 0 Å². The van der Waals surface area contributed by atoms with Crippen molar-refractivity contribution in [3.8, 4) is 5.97 Å². The van der Waals surface area contributed by atoms with Crippen LogP contribution in [0.5, 0.6) is 0 Å². The maximum Gasteiger partial charge on any atom is 0.255 e. The molecule has 0 heterocycles. The van der Waals surface area contributed by atoms with Gasteiger partial charge in [0.25, 0.3) is 6.54 Å². The van der Waals surface area contributed by atoms with Crippen LogP contribution < -0.4 is 0 Å². The first-order chi connectivity index (χ1) is 7.24. The Morgan fingerprint density at radius 1 is 1.00 bits per heavy atom. The summed E-state index contributed by atoms with van der Waals surface area (Å²) in [4.78, 5) is 3.99. The van der Waals surface area contributed by atoms with Crippen molar-refractivity contribution in [1.82, 2.24) is 0 Å². The highest BCUT2D eigenvalue weighted by Crippen LogP contribution is 2.60. The van der Waals surface area contributed by atoms with Crippen LogP contribution in [0.1, 0.15) is 27.7 Å². The molecule has 0 aromatic carbocycles. The zero-order valence-electron chi connectivity index (χ0n) is 10.0. The van der Waals surface area contributed by atoms with Gasteiger partial charge < -0.3 is 0 Å². The van der Waals surface area contributed by atoms with Crippen molar-refractivity contribution >= 4 is 14.8 Å². The second kappa shape index (κ2) is 9.12. The normalized spacial score (nSPS) is 10.9. The first-order valence-corrected chi connectivity index (χ1v) is 6.94. The van der Waals surface area contributed by atoms with Crippen LogP contribution in [0.4, 0.5) is 0 Å². The van der Waals surface area contributed by atoms with Gasteiger partial charge >= 0.3 is 0 Å². The molecular formula is C9H20BNO3P+. The van der Waals surface area contributed by atoms with Gasteiger partial charge in [0, 0.05) is 12.9 Å². The Kier molecular flexibility index (Phi) is 9.04. The molecule has 15 heavy (non-hydrogen) atoms. The lowest BCUT2D eigenvalue weighted by atomic mass is 10.2. The smallest absolute Gasteiger partial charge is 0.230 e. The molecule has 0 aliphatic rings. The summed E-state index contributed by atoms with van der Waals surface area (Å²) >= 11 is 0. The molecule has 0 fully saturated rings. The lowest BCUT2D eigenvalue weighted by Gasteiger charge is -2.27. The molecule has 4 nitrogen and oxygen atoms in total. The van der Waals surface area contributed by atoms with Crippen LogP contribution in [0, 0.1) is 5.97 Å². The van der Waals surface area contributed by atoms with E-state index in [9.17, 15) is 0 Å². The molecule has 0 rings (SSSR count). The fourth-order valence-electron chi connectivity index (χ4n) is 0.966. The molecule has 0 aliphatic carbocycles. The fourth-order valence-corrected chi connectivity index (χ4v) is 2.72. The third-order valence-corrected chi connectivity index (χ3v) is 3.68. The highest BCUT2D eigenvalue weighted by Gasteiger charge is 2.33. The lowest BCUT2D eigenvalue weighted by molar-refractivity contribution is 0.167. The molecule has 0 aromatic heterocycles. The Morgan fingerprint density at radius 2 is 1.47 bits per heavy atom. The Balaban J connectivity index is 4.44. The lowest BCUT2D eigenvalue weighted by Crippen LogP contribution is -2.12. The predicted molar refractivity (Wildman–Crippen MR) is 65.3 cm³/mol. The van der Waals surface area contributed by atoms with E-state index < -0.39 is 7.82 Å². The summed E-state index contributed by atoms with van der Waals surface area (Å²) in [5, 5.41) is 0. The molecule has 0 aliphatic heterocycles. The monoisotopic (exact) mass is 232 g/mol. The van der Waals surface area contributed by atoms with Gasteiger partial charge in [-0.05, 0) is 20.8 Å². The van der Waals surface area contributed by atoms with Crippen molar-refractivity contribution < 1.29 is 13.6 Å². The molecular weight excluding hydrogens is 212 g/mol. The zero-order valence-corrected chi connectivity index (χ0v) is 10.9. The van der Waals surface area contributed by atoms with Crippen molar-refractivity contribution in [3.05, 3.63) is 4.85 Å². The quantitative estimate of drug-likeness (QED) is 0.499. The summed E-state index contributed by atoms with van der Waals surface area (Å²) in [6, 6.07) is 0. The van der Waals surface area contributed by atoms with Crippen molar-refractivity contribution in [3.63, 3.8) is 0 Å². The van der Waals surface area contributed by atoms with Gasteiger partial charge in [-0.3, -0.25) is 0 Å². The van der Waals surface area contributed by atoms with Crippen LogP contribution in [0.3, 0.4) is 0 Å². The summed E-state index contributed by atoms with van der Waals surface area (Å²) in [6.45, 7) is 11.7. The molecule has 0 N–H and O–H groups in total. The molecule has 86 valence electrons. The molecule has 0 saturated carbocycles. The molecule has 0 aromatic rings. The minimum absolute atomic E-state index is 0.554. The van der Waals surface area contributed by atoms with E-state index in [1.807, 2.05) is 27.7 Å². The van der Waals surface area contributed by atoms with Crippen LogP contribution in [0.15, 0.2) is 0 Å². The summed E-state index contributed by atoms with van der Waals surface area (Å²) in [7, 11) is -2.36. The maximum atomic E-state index is 5.55. The van der Waals surface area contributed by atoms with E-state index >= 15 is 0 Å². The van der Waals surface area contributed by atoms with Crippen LogP contribution in [-0.2, 0) is 13.6 Å². The third-order valence-electron chi connectivity index (χ3n) is 1.39. The molecule has 0 saturated heterocycles. The van der Waals surface area contributed by atoms with Gasteiger partial charge in [-0.25, -0.2) is 13.6 Å². The summed E-state index contributed by atoms with van der Waals surface area (Å²) in [5.74, 6) is 2.80. The van der Waals surface area contributed by atoms with Crippen LogP contribution in [-0.4, -0.2) is 33.4 Å². The summed E-state index contributed by atoms with van der Waals surface area (Å²) < 4.78 is 16.6. The molecule has 0 atom stereocenters. The largest absolute Gasteiger partial charge is 0.255 e. The highest BCUT2D eigenvalue weighted by molar-refractivity contribution is 7.90. The minimum Gasteiger partial charge on any atom is -0.230 e. The fraction of sp³-hybridized carbons (Fsp3) is 0.889. The van der Waals surface area contributed by atoms with Crippen molar-refractivity contribution in [2.75, 3.05) is 26.4 Å². The number of nitrogens with zero attached hydrogens (tertiary/aromatic N) is 1. The third kappa shape index (κ3) is 6.12. The van der Waals surface area contributed by atoms with Gasteiger partial charge in [0.05, 0.1) is 19.8 Å². The number of rotatable bonds is 7. The van der Waals surface area contributed by atoms with E-state index in [1.165, 1.54) is 0 Å². The Hall–Kier alpha value is -0.135. The van der Waals surface area contributed by atoms with Gasteiger partial charge in [-0.2, -0.15) is 0 Å². The highest BCUT2D eigenvalue weighted by atomic mass is 31.2. The van der Waals surface area contributed by atoms with E-state index in [2.05, 4.69) is 10.8 Å². The van der Waals surface area contributed by atoms with Crippen LogP contribution >= 0.6 is 7.82 Å². The molecule has 0 spiro atoms. The second-order valence-corrected chi connectivity index (χ2v) is 4.64. The van der Waals surface area contributed by atoms with E-state index in [-0.39, 0.29) is 0 Å². The first kappa shape index (κ1) is 14.9. The maximum absolute atomic E-state index is 5.55. The van der Waals surface area contributed by atoms with E-state index in [4.69, 9.17) is 13.6 Å². The topological polar surface area (TPSA) is 32.0 Å². The summed E-state index contributed by atoms with van der Waals surface area (Å²) in [5.41, 5.74) is 0. The van der Waals surface area contributed by atoms with E-state index in [0.29, 0.717) is 26.4 Å².